The van der Waals surface area contributed by atoms with Gasteiger partial charge in [-0.25, -0.2) is 13.6 Å². The maximum Gasteiger partial charge on any atom is 0.209 e. The number of primary sulfonamides is 1. The molecule has 0 bridgehead atoms. The molecule has 1 aromatic rings. The molecule has 114 valence electrons. The Bertz CT molecular complexity index is 524. The van der Waals surface area contributed by atoms with Gasteiger partial charge in [0, 0.05) is 5.92 Å². The molecule has 0 heterocycles. The molecule has 1 atom stereocenters. The molecule has 5 heteroatoms. The van der Waals surface area contributed by atoms with Crippen molar-refractivity contribution in [3.8, 4) is 5.75 Å². The summed E-state index contributed by atoms with van der Waals surface area (Å²) in [6.07, 6.45) is 0. The van der Waals surface area contributed by atoms with Crippen molar-refractivity contribution in [3.63, 3.8) is 0 Å². The fourth-order valence-electron chi connectivity index (χ4n) is 1.90. The van der Waals surface area contributed by atoms with Crippen molar-refractivity contribution >= 4 is 10.0 Å². The first kappa shape index (κ1) is 17.0. The highest BCUT2D eigenvalue weighted by Crippen LogP contribution is 2.21. The third-order valence-electron chi connectivity index (χ3n) is 3.38. The lowest BCUT2D eigenvalue weighted by Crippen LogP contribution is -2.30. The molecule has 1 aromatic carbocycles. The summed E-state index contributed by atoms with van der Waals surface area (Å²) < 4.78 is 28.2. The minimum Gasteiger partial charge on any atom is -0.493 e. The zero-order valence-electron chi connectivity index (χ0n) is 12.7. The van der Waals surface area contributed by atoms with Crippen LogP contribution in [0.3, 0.4) is 0 Å². The molecule has 20 heavy (non-hydrogen) atoms. The third kappa shape index (κ3) is 5.92. The molecule has 0 fully saturated rings. The van der Waals surface area contributed by atoms with Crippen molar-refractivity contribution in [2.45, 2.75) is 33.6 Å². The number of rotatable bonds is 7. The van der Waals surface area contributed by atoms with Gasteiger partial charge in [-0.3, -0.25) is 0 Å². The van der Waals surface area contributed by atoms with Gasteiger partial charge in [-0.1, -0.05) is 39.8 Å². The van der Waals surface area contributed by atoms with Crippen molar-refractivity contribution < 1.29 is 13.2 Å². The van der Waals surface area contributed by atoms with Crippen LogP contribution in [-0.4, -0.2) is 20.8 Å². The summed E-state index contributed by atoms with van der Waals surface area (Å²) in [6.45, 7) is 8.55. The summed E-state index contributed by atoms with van der Waals surface area (Å²) in [5, 5.41) is 5.12. The molecule has 1 unspecified atom stereocenters. The van der Waals surface area contributed by atoms with Gasteiger partial charge in [-0.15, -0.1) is 0 Å². The van der Waals surface area contributed by atoms with Gasteiger partial charge in [0.15, 0.2) is 0 Å². The standard InChI is InChI=1S/C15H25NO3S/c1-11(2)13-6-5-7-15(8-13)19-9-14(12(3)4)10-20(16,17)18/h5-8,11-12,14H,9-10H2,1-4H3,(H2,16,17,18). The van der Waals surface area contributed by atoms with E-state index in [1.165, 1.54) is 5.56 Å². The number of sulfonamides is 1. The van der Waals surface area contributed by atoms with E-state index in [9.17, 15) is 8.42 Å². The summed E-state index contributed by atoms with van der Waals surface area (Å²) in [6, 6.07) is 7.90. The van der Waals surface area contributed by atoms with Crippen LogP contribution in [0.2, 0.25) is 0 Å². The van der Waals surface area contributed by atoms with Crippen LogP contribution in [0.5, 0.6) is 5.75 Å². The summed E-state index contributed by atoms with van der Waals surface area (Å²) >= 11 is 0. The average molecular weight is 299 g/mol. The molecule has 1 rings (SSSR count). The van der Waals surface area contributed by atoms with Crippen LogP contribution in [0.1, 0.15) is 39.2 Å². The Morgan fingerprint density at radius 3 is 2.35 bits per heavy atom. The Morgan fingerprint density at radius 2 is 1.85 bits per heavy atom. The van der Waals surface area contributed by atoms with Gasteiger partial charge < -0.3 is 4.74 Å². The highest BCUT2D eigenvalue weighted by Gasteiger charge is 2.20. The van der Waals surface area contributed by atoms with E-state index < -0.39 is 10.0 Å². The zero-order chi connectivity index (χ0) is 15.3. The number of hydrogen-bond donors (Lipinski definition) is 1. The Labute approximate surface area is 122 Å². The van der Waals surface area contributed by atoms with Gasteiger partial charge in [0.05, 0.1) is 12.4 Å². The minimum absolute atomic E-state index is 0.0471. The SMILES string of the molecule is CC(C)c1cccc(OCC(CS(N)(=O)=O)C(C)C)c1. The van der Waals surface area contributed by atoms with E-state index in [-0.39, 0.29) is 17.6 Å². The summed E-state index contributed by atoms with van der Waals surface area (Å²) in [5.74, 6) is 1.25. The van der Waals surface area contributed by atoms with Gasteiger partial charge in [0.25, 0.3) is 0 Å². The first-order chi connectivity index (χ1) is 9.19. The smallest absolute Gasteiger partial charge is 0.209 e. The van der Waals surface area contributed by atoms with E-state index in [1.54, 1.807) is 0 Å². The number of benzene rings is 1. The number of ether oxygens (including phenoxy) is 1. The maximum absolute atomic E-state index is 11.2. The normalized spacial score (nSPS) is 13.8. The Hall–Kier alpha value is -1.07. The molecule has 0 aromatic heterocycles. The lowest BCUT2D eigenvalue weighted by Gasteiger charge is -2.20. The number of nitrogens with two attached hydrogens (primary N) is 1. The zero-order valence-corrected chi connectivity index (χ0v) is 13.5. The van der Waals surface area contributed by atoms with Crippen LogP contribution in [0.25, 0.3) is 0 Å². The average Bonchev–Trinajstić information content (AvgIpc) is 2.33. The van der Waals surface area contributed by atoms with Crippen molar-refractivity contribution in [1.29, 1.82) is 0 Å². The van der Waals surface area contributed by atoms with Gasteiger partial charge in [-0.2, -0.15) is 0 Å². The molecular formula is C15H25NO3S. The number of hydrogen-bond acceptors (Lipinski definition) is 3. The van der Waals surface area contributed by atoms with Crippen LogP contribution >= 0.6 is 0 Å². The van der Waals surface area contributed by atoms with Gasteiger partial charge in [-0.05, 0) is 29.5 Å². The van der Waals surface area contributed by atoms with Crippen LogP contribution in [-0.2, 0) is 10.0 Å². The van der Waals surface area contributed by atoms with Crippen molar-refractivity contribution in [3.05, 3.63) is 29.8 Å². The fourth-order valence-corrected chi connectivity index (χ4v) is 2.98. The predicted molar refractivity (Wildman–Crippen MR) is 82.3 cm³/mol. The monoisotopic (exact) mass is 299 g/mol. The fraction of sp³-hybridized carbons (Fsp3) is 0.600. The molecule has 0 saturated heterocycles. The van der Waals surface area contributed by atoms with E-state index >= 15 is 0 Å². The molecule has 0 aliphatic heterocycles. The largest absolute Gasteiger partial charge is 0.493 e. The van der Waals surface area contributed by atoms with Gasteiger partial charge in [0.2, 0.25) is 10.0 Å². The molecule has 2 N–H and O–H groups in total. The first-order valence-corrected chi connectivity index (χ1v) is 8.64. The second-order valence-electron chi connectivity index (χ2n) is 5.87. The predicted octanol–water partition coefficient (Wildman–Crippen LogP) is 2.75. The van der Waals surface area contributed by atoms with Crippen LogP contribution in [0.4, 0.5) is 0 Å². The van der Waals surface area contributed by atoms with Gasteiger partial charge >= 0.3 is 0 Å². The lowest BCUT2D eigenvalue weighted by molar-refractivity contribution is 0.224. The lowest BCUT2D eigenvalue weighted by atomic mass is 9.99. The van der Waals surface area contributed by atoms with Crippen molar-refractivity contribution in [2.24, 2.45) is 17.0 Å². The molecule has 0 aliphatic rings. The molecular weight excluding hydrogens is 274 g/mol. The Morgan fingerprint density at radius 1 is 1.20 bits per heavy atom. The molecule has 0 radical (unpaired) electrons. The van der Waals surface area contributed by atoms with Crippen LogP contribution in [0.15, 0.2) is 24.3 Å². The minimum atomic E-state index is -3.47. The second kappa shape index (κ2) is 7.09. The Balaban J connectivity index is 2.70. The van der Waals surface area contributed by atoms with E-state index in [1.807, 2.05) is 32.0 Å². The van der Waals surface area contributed by atoms with Crippen molar-refractivity contribution in [2.75, 3.05) is 12.4 Å². The van der Waals surface area contributed by atoms with Gasteiger partial charge in [0.1, 0.15) is 5.75 Å². The molecule has 0 saturated carbocycles. The second-order valence-corrected chi connectivity index (χ2v) is 7.53. The highest BCUT2D eigenvalue weighted by molar-refractivity contribution is 7.89. The van der Waals surface area contributed by atoms with E-state index in [4.69, 9.17) is 9.88 Å². The molecule has 0 aliphatic carbocycles. The van der Waals surface area contributed by atoms with Crippen molar-refractivity contribution in [1.82, 2.24) is 0 Å². The quantitative estimate of drug-likeness (QED) is 0.841. The highest BCUT2D eigenvalue weighted by atomic mass is 32.2. The maximum atomic E-state index is 11.2. The van der Waals surface area contributed by atoms with Crippen LogP contribution < -0.4 is 9.88 Å². The summed E-state index contributed by atoms with van der Waals surface area (Å²) in [7, 11) is -3.47. The topological polar surface area (TPSA) is 69.4 Å². The van der Waals surface area contributed by atoms with Crippen LogP contribution in [0, 0.1) is 11.8 Å². The Kier molecular flexibility index (Phi) is 6.02. The van der Waals surface area contributed by atoms with E-state index in [0.29, 0.717) is 12.5 Å². The summed E-state index contributed by atoms with van der Waals surface area (Å²) in [4.78, 5) is 0. The van der Waals surface area contributed by atoms with E-state index in [0.717, 1.165) is 5.75 Å². The molecule has 0 amide bonds. The van der Waals surface area contributed by atoms with E-state index in [2.05, 4.69) is 19.9 Å². The third-order valence-corrected chi connectivity index (χ3v) is 4.27. The molecule has 0 spiro atoms. The first-order valence-electron chi connectivity index (χ1n) is 6.92. The molecule has 4 nitrogen and oxygen atoms in total. The summed E-state index contributed by atoms with van der Waals surface area (Å²) in [5.41, 5.74) is 1.20.